The molecule has 0 bridgehead atoms. The fourth-order valence-corrected chi connectivity index (χ4v) is 0. The third kappa shape index (κ3) is 3290. The lowest BCUT2D eigenvalue weighted by atomic mass is 11.0. The van der Waals surface area contributed by atoms with Gasteiger partial charge in [0.05, 0.1) is 0 Å². The fraction of sp³-hybridized carbons (Fsp3) is 0.333. The summed E-state index contributed by atoms with van der Waals surface area (Å²) in [5, 5.41) is 0. The van der Waals surface area contributed by atoms with Gasteiger partial charge in [-0.25, -0.2) is 4.57 Å². The minimum Gasteiger partial charge on any atom is -0.303 e. The van der Waals surface area contributed by atoms with Gasteiger partial charge in [0.15, 0.2) is 0 Å². The second-order valence-electron chi connectivity index (χ2n) is 0.513. The van der Waals surface area contributed by atoms with Crippen LogP contribution < -0.4 is 0 Å². The van der Waals surface area contributed by atoms with Crippen molar-refractivity contribution in [2.45, 2.75) is 13.8 Å². The molecule has 0 saturated carbocycles. The van der Waals surface area contributed by atoms with Gasteiger partial charge in [-0.3, -0.25) is 0 Å². The Bertz CT molecular complexity index is 78.3. The molecule has 3 N–H and O–H groups in total. The van der Waals surface area contributed by atoms with Gasteiger partial charge < -0.3 is 14.7 Å². The van der Waals surface area contributed by atoms with E-state index in [0.29, 0.717) is 0 Å². The number of hydrogen-bond donors (Lipinski definition) is 3. The molecule has 5 heteroatoms. The van der Waals surface area contributed by atoms with Crippen molar-refractivity contribution in [2.24, 2.45) is 0 Å². The van der Waals surface area contributed by atoms with Crippen molar-refractivity contribution in [3.8, 4) is 0 Å². The fourth-order valence-electron chi connectivity index (χ4n) is 0. The van der Waals surface area contributed by atoms with Crippen LogP contribution in [-0.2, 0) is 4.57 Å². The molecule has 0 aromatic carbocycles. The van der Waals surface area contributed by atoms with Crippen molar-refractivity contribution >= 4 is 7.82 Å². The zero-order valence-electron chi connectivity index (χ0n) is 7.03. The Hall–Kier alpha value is -0.410. The van der Waals surface area contributed by atoms with E-state index in [1.54, 1.807) is 0 Å². The summed E-state index contributed by atoms with van der Waals surface area (Å²) < 4.78 is 8.88. The minimum atomic E-state index is -4.64. The van der Waals surface area contributed by atoms with E-state index in [2.05, 4.69) is 26.3 Å². The maximum absolute atomic E-state index is 8.88. The first-order chi connectivity index (χ1) is 5.00. The van der Waals surface area contributed by atoms with E-state index in [-0.39, 0.29) is 0 Å². The maximum Gasteiger partial charge on any atom is 0.466 e. The van der Waals surface area contributed by atoms with Crippen LogP contribution in [0.2, 0.25) is 0 Å². The summed E-state index contributed by atoms with van der Waals surface area (Å²) in [6.07, 6.45) is 0. The van der Waals surface area contributed by atoms with Crippen molar-refractivity contribution in [3.63, 3.8) is 0 Å². The molecule has 0 heterocycles. The molecule has 0 aliphatic carbocycles. The summed E-state index contributed by atoms with van der Waals surface area (Å²) in [6, 6.07) is 0. The molecule has 0 aliphatic heterocycles. The highest BCUT2D eigenvalue weighted by Crippen LogP contribution is 2.25. The summed E-state index contributed by atoms with van der Waals surface area (Å²) in [7, 11) is -4.64. The van der Waals surface area contributed by atoms with E-state index < -0.39 is 7.82 Å². The second kappa shape index (κ2) is 22.6. The van der Waals surface area contributed by atoms with Crippen LogP contribution in [0.15, 0.2) is 26.3 Å². The molecule has 0 aromatic heterocycles. The van der Waals surface area contributed by atoms with Gasteiger partial charge in [0.25, 0.3) is 0 Å². The third-order valence-electron chi connectivity index (χ3n) is 0. The second-order valence-corrected chi connectivity index (χ2v) is 1.54. The Morgan fingerprint density at radius 1 is 0.909 bits per heavy atom. The number of phosphoric acid groups is 1. The van der Waals surface area contributed by atoms with Gasteiger partial charge in [-0.15, -0.1) is 26.3 Å². The molecule has 0 aliphatic rings. The normalized spacial score (nSPS) is 6.64. The minimum absolute atomic E-state index is 2.00. The highest BCUT2D eigenvalue weighted by molar-refractivity contribution is 7.45. The Labute approximate surface area is 68.1 Å². The molecule has 0 rings (SSSR count). The van der Waals surface area contributed by atoms with Crippen LogP contribution in [0.3, 0.4) is 0 Å². The van der Waals surface area contributed by atoms with E-state index in [1.165, 1.54) is 0 Å². The first-order valence-corrected chi connectivity index (χ1v) is 4.35. The molecule has 4 nitrogen and oxygen atoms in total. The predicted octanol–water partition coefficient (Wildman–Crippen LogP) is 1.70. The van der Waals surface area contributed by atoms with Crippen LogP contribution in [0.5, 0.6) is 0 Å². The van der Waals surface area contributed by atoms with Crippen LogP contribution in [0.25, 0.3) is 0 Å². The molecule has 0 aromatic rings. The van der Waals surface area contributed by atoms with Gasteiger partial charge in [0.1, 0.15) is 0 Å². The van der Waals surface area contributed by atoms with Crippen LogP contribution in [0.4, 0.5) is 0 Å². The van der Waals surface area contributed by atoms with Crippen LogP contribution in [0.1, 0.15) is 13.8 Å². The topological polar surface area (TPSA) is 77.8 Å². The predicted molar refractivity (Wildman–Crippen MR) is 48.1 cm³/mol. The number of rotatable bonds is 0. The molecule has 0 unspecified atom stereocenters. The Morgan fingerprint density at radius 2 is 0.909 bits per heavy atom. The average molecular weight is 184 g/mol. The van der Waals surface area contributed by atoms with E-state index in [9.17, 15) is 0 Å². The van der Waals surface area contributed by atoms with Gasteiger partial charge in [-0.2, -0.15) is 0 Å². The summed E-state index contributed by atoms with van der Waals surface area (Å²) in [5.74, 6) is 0. The highest BCUT2D eigenvalue weighted by Gasteiger charge is 2.00. The lowest BCUT2D eigenvalue weighted by molar-refractivity contribution is 0.275. The quantitative estimate of drug-likeness (QED) is 0.395. The molecule has 0 fully saturated rings. The molecular weight excluding hydrogens is 167 g/mol. The highest BCUT2D eigenvalue weighted by atomic mass is 31.2. The molecule has 0 spiro atoms. The first kappa shape index (κ1) is 22.4. The lowest BCUT2D eigenvalue weighted by Crippen LogP contribution is -1.66. The standard InChI is InChI=1S/C2H6.2C2H4.H3O4P/c3*1-2;1-5(2,3)4/h1-2H3;2*1-2H2;(H3,1,2,3,4). The Kier molecular flexibility index (Phi) is 46.2. The van der Waals surface area contributed by atoms with E-state index in [4.69, 9.17) is 19.2 Å². The Balaban J connectivity index is -0.0000000350. The third-order valence-corrected chi connectivity index (χ3v) is 0. The Morgan fingerprint density at radius 3 is 0.909 bits per heavy atom. The van der Waals surface area contributed by atoms with Gasteiger partial charge in [-0.1, -0.05) is 13.8 Å². The van der Waals surface area contributed by atoms with Gasteiger partial charge in [-0.05, 0) is 0 Å². The van der Waals surface area contributed by atoms with Crippen LogP contribution in [-0.4, -0.2) is 14.7 Å². The molecule has 0 amide bonds. The van der Waals surface area contributed by atoms with Gasteiger partial charge in [0.2, 0.25) is 0 Å². The van der Waals surface area contributed by atoms with Crippen molar-refractivity contribution in [1.29, 1.82) is 0 Å². The van der Waals surface area contributed by atoms with Gasteiger partial charge >= 0.3 is 7.82 Å². The van der Waals surface area contributed by atoms with Crippen molar-refractivity contribution in [2.75, 3.05) is 0 Å². The van der Waals surface area contributed by atoms with Crippen LogP contribution >= 0.6 is 7.82 Å². The SMILES string of the molecule is C=C.C=C.CC.O=P(O)(O)O. The molecule has 11 heavy (non-hydrogen) atoms. The number of hydrogen-bond acceptors (Lipinski definition) is 1. The molecule has 0 atom stereocenters. The zero-order valence-corrected chi connectivity index (χ0v) is 7.92. The molecular formula is C6H17O4P. The van der Waals surface area contributed by atoms with Crippen LogP contribution in [0, 0.1) is 0 Å². The average Bonchev–Trinajstić information content (AvgIpc) is 1.96. The smallest absolute Gasteiger partial charge is 0.303 e. The van der Waals surface area contributed by atoms with Gasteiger partial charge in [0, 0.05) is 0 Å². The largest absolute Gasteiger partial charge is 0.466 e. The lowest BCUT2D eigenvalue weighted by Gasteiger charge is -1.82. The van der Waals surface area contributed by atoms with Crippen molar-refractivity contribution in [1.82, 2.24) is 0 Å². The van der Waals surface area contributed by atoms with E-state index in [0.717, 1.165) is 0 Å². The molecule has 0 saturated heterocycles. The van der Waals surface area contributed by atoms with E-state index in [1.807, 2.05) is 13.8 Å². The summed E-state index contributed by atoms with van der Waals surface area (Å²) >= 11 is 0. The molecule has 0 radical (unpaired) electrons. The molecule has 70 valence electrons. The van der Waals surface area contributed by atoms with E-state index >= 15 is 0 Å². The summed E-state index contributed by atoms with van der Waals surface area (Å²) in [4.78, 5) is 21.6. The van der Waals surface area contributed by atoms with Crippen molar-refractivity contribution in [3.05, 3.63) is 26.3 Å². The first-order valence-electron chi connectivity index (χ1n) is 2.78. The van der Waals surface area contributed by atoms with Crippen molar-refractivity contribution < 1.29 is 19.2 Å². The zero-order chi connectivity index (χ0) is 10.5. The maximum atomic E-state index is 8.88. The summed E-state index contributed by atoms with van der Waals surface area (Å²) in [6.45, 7) is 16.0. The summed E-state index contributed by atoms with van der Waals surface area (Å²) in [5.41, 5.74) is 0. The monoisotopic (exact) mass is 184 g/mol.